The molecule has 0 bridgehead atoms. The number of rotatable bonds is 5. The lowest BCUT2D eigenvalue weighted by Crippen LogP contribution is -2.22. The van der Waals surface area contributed by atoms with Gasteiger partial charge in [0.05, 0.1) is 17.0 Å². The van der Waals surface area contributed by atoms with Crippen LogP contribution in [-0.4, -0.2) is 17.4 Å². The molecule has 132 valence electrons. The van der Waals surface area contributed by atoms with Crippen LogP contribution in [0.15, 0.2) is 42.5 Å². The zero-order valence-electron chi connectivity index (χ0n) is 13.1. The van der Waals surface area contributed by atoms with Crippen LogP contribution >= 0.6 is 0 Å². The van der Waals surface area contributed by atoms with E-state index in [1.165, 1.54) is 31.2 Å². The lowest BCUT2D eigenvalue weighted by molar-refractivity contribution is -0.385. The van der Waals surface area contributed by atoms with Crippen LogP contribution < -0.4 is 10.6 Å². The summed E-state index contributed by atoms with van der Waals surface area (Å²) in [6, 6.07) is 8.64. The Kier molecular flexibility index (Phi) is 5.26. The molecule has 0 fully saturated rings. The van der Waals surface area contributed by atoms with Crippen molar-refractivity contribution in [2.75, 3.05) is 17.2 Å². The van der Waals surface area contributed by atoms with E-state index < -0.39 is 22.6 Å². The first-order valence-electron chi connectivity index (χ1n) is 7.13. The summed E-state index contributed by atoms with van der Waals surface area (Å²) >= 11 is 0. The van der Waals surface area contributed by atoms with E-state index in [1.807, 2.05) is 0 Å². The molecule has 0 unspecified atom stereocenters. The number of hydrogen-bond donors (Lipinski definition) is 2. The van der Waals surface area contributed by atoms with Gasteiger partial charge in [0.1, 0.15) is 0 Å². The van der Waals surface area contributed by atoms with E-state index in [2.05, 4.69) is 10.6 Å². The largest absolute Gasteiger partial charge is 0.416 e. The number of nitro groups is 1. The molecule has 1 amide bonds. The molecule has 0 saturated heterocycles. The highest BCUT2D eigenvalue weighted by Crippen LogP contribution is 2.30. The van der Waals surface area contributed by atoms with Crippen molar-refractivity contribution in [1.82, 2.24) is 0 Å². The molecule has 2 N–H and O–H groups in total. The smallest absolute Gasteiger partial charge is 0.376 e. The second kappa shape index (κ2) is 7.20. The number of halogens is 3. The van der Waals surface area contributed by atoms with Crippen molar-refractivity contribution in [1.29, 1.82) is 0 Å². The van der Waals surface area contributed by atoms with Crippen molar-refractivity contribution in [3.8, 4) is 0 Å². The first kappa shape index (κ1) is 18.2. The summed E-state index contributed by atoms with van der Waals surface area (Å²) < 4.78 is 37.9. The maximum Gasteiger partial charge on any atom is 0.416 e. The molecule has 6 nitrogen and oxygen atoms in total. The zero-order chi connectivity index (χ0) is 18.6. The Labute approximate surface area is 140 Å². The molecular formula is C16H14F3N3O3. The first-order chi connectivity index (χ1) is 11.7. The minimum absolute atomic E-state index is 0.0115. The van der Waals surface area contributed by atoms with Crippen LogP contribution in [0, 0.1) is 17.0 Å². The van der Waals surface area contributed by atoms with Gasteiger partial charge in [0.2, 0.25) is 5.91 Å². The number of amides is 1. The zero-order valence-corrected chi connectivity index (χ0v) is 13.1. The second-order valence-electron chi connectivity index (χ2n) is 5.19. The molecule has 0 aromatic heterocycles. The lowest BCUT2D eigenvalue weighted by Gasteiger charge is -2.12. The number of nitrogens with zero attached hydrogens (tertiary/aromatic N) is 1. The summed E-state index contributed by atoms with van der Waals surface area (Å²) in [4.78, 5) is 22.2. The van der Waals surface area contributed by atoms with Gasteiger partial charge in [-0.15, -0.1) is 0 Å². The summed E-state index contributed by atoms with van der Waals surface area (Å²) in [7, 11) is 0. The minimum Gasteiger partial charge on any atom is -0.376 e. The number of carbonyl (C=O) groups excluding carboxylic acids is 1. The van der Waals surface area contributed by atoms with Crippen LogP contribution in [0.5, 0.6) is 0 Å². The normalized spacial score (nSPS) is 11.0. The quantitative estimate of drug-likeness (QED) is 0.629. The number of carbonyl (C=O) groups is 1. The summed E-state index contributed by atoms with van der Waals surface area (Å²) in [5.41, 5.74) is -0.193. The maximum atomic E-state index is 12.6. The Morgan fingerprint density at radius 2 is 1.88 bits per heavy atom. The highest BCUT2D eigenvalue weighted by molar-refractivity contribution is 5.94. The van der Waals surface area contributed by atoms with E-state index in [1.54, 1.807) is 6.07 Å². The van der Waals surface area contributed by atoms with Gasteiger partial charge in [0.15, 0.2) is 0 Å². The van der Waals surface area contributed by atoms with E-state index in [0.29, 0.717) is 11.3 Å². The molecule has 0 atom stereocenters. The third-order valence-electron chi connectivity index (χ3n) is 3.41. The van der Waals surface area contributed by atoms with Gasteiger partial charge in [-0.05, 0) is 31.2 Å². The lowest BCUT2D eigenvalue weighted by atomic mass is 10.1. The van der Waals surface area contributed by atoms with Crippen LogP contribution in [-0.2, 0) is 11.0 Å². The van der Waals surface area contributed by atoms with Crippen molar-refractivity contribution >= 4 is 23.0 Å². The third-order valence-corrected chi connectivity index (χ3v) is 3.41. The van der Waals surface area contributed by atoms with Gasteiger partial charge < -0.3 is 10.6 Å². The average Bonchev–Trinajstić information content (AvgIpc) is 2.53. The Morgan fingerprint density at radius 1 is 1.20 bits per heavy atom. The summed E-state index contributed by atoms with van der Waals surface area (Å²) in [6.45, 7) is 1.28. The van der Waals surface area contributed by atoms with E-state index >= 15 is 0 Å². The van der Waals surface area contributed by atoms with Crippen molar-refractivity contribution in [2.45, 2.75) is 13.1 Å². The summed E-state index contributed by atoms with van der Waals surface area (Å²) in [5.74, 6) is -0.578. The standard InChI is InChI=1S/C16H14F3N3O3/c1-10-13(6-3-7-14(10)22(24)25)20-9-15(23)21-12-5-2-4-11(8-12)16(17,18)19/h2-8,20H,9H2,1H3,(H,21,23). The first-order valence-corrected chi connectivity index (χ1v) is 7.13. The molecular weight excluding hydrogens is 339 g/mol. The van der Waals surface area contributed by atoms with Crippen molar-refractivity contribution in [2.24, 2.45) is 0 Å². The Balaban J connectivity index is 2.03. The molecule has 0 aliphatic rings. The van der Waals surface area contributed by atoms with Gasteiger partial charge in [0.25, 0.3) is 5.69 Å². The van der Waals surface area contributed by atoms with Crippen LogP contribution in [0.1, 0.15) is 11.1 Å². The minimum atomic E-state index is -4.50. The highest BCUT2D eigenvalue weighted by atomic mass is 19.4. The van der Waals surface area contributed by atoms with Gasteiger partial charge in [0, 0.05) is 23.0 Å². The van der Waals surface area contributed by atoms with Crippen LogP contribution in [0.3, 0.4) is 0 Å². The fourth-order valence-electron chi connectivity index (χ4n) is 2.17. The van der Waals surface area contributed by atoms with Crippen molar-refractivity contribution in [3.63, 3.8) is 0 Å². The molecule has 0 aliphatic carbocycles. The number of alkyl halides is 3. The van der Waals surface area contributed by atoms with Gasteiger partial charge >= 0.3 is 6.18 Å². The second-order valence-corrected chi connectivity index (χ2v) is 5.19. The van der Waals surface area contributed by atoms with E-state index in [-0.39, 0.29) is 17.9 Å². The molecule has 0 spiro atoms. The molecule has 0 radical (unpaired) electrons. The van der Waals surface area contributed by atoms with Gasteiger partial charge in [-0.25, -0.2) is 0 Å². The third kappa shape index (κ3) is 4.69. The number of benzene rings is 2. The molecule has 0 aliphatic heterocycles. The van der Waals surface area contributed by atoms with Gasteiger partial charge in [-0.1, -0.05) is 12.1 Å². The molecule has 2 aromatic carbocycles. The predicted octanol–water partition coefficient (Wildman–Crippen LogP) is 3.97. The van der Waals surface area contributed by atoms with Gasteiger partial charge in [-0.3, -0.25) is 14.9 Å². The van der Waals surface area contributed by atoms with Crippen molar-refractivity contribution < 1.29 is 22.9 Å². The van der Waals surface area contributed by atoms with Crippen LogP contribution in [0.4, 0.5) is 30.2 Å². The van der Waals surface area contributed by atoms with E-state index in [9.17, 15) is 28.1 Å². The molecule has 0 saturated carbocycles. The topological polar surface area (TPSA) is 84.3 Å². The fourth-order valence-corrected chi connectivity index (χ4v) is 2.17. The SMILES string of the molecule is Cc1c(NCC(=O)Nc2cccc(C(F)(F)F)c2)cccc1[N+](=O)[O-]. The number of anilines is 2. The van der Waals surface area contributed by atoms with E-state index in [4.69, 9.17) is 0 Å². The number of hydrogen-bond acceptors (Lipinski definition) is 4. The van der Waals surface area contributed by atoms with E-state index in [0.717, 1.165) is 12.1 Å². The number of nitrogens with one attached hydrogen (secondary N) is 2. The molecule has 2 aromatic rings. The number of nitro benzene ring substituents is 1. The van der Waals surface area contributed by atoms with Crippen LogP contribution in [0.25, 0.3) is 0 Å². The highest BCUT2D eigenvalue weighted by Gasteiger charge is 2.30. The molecule has 25 heavy (non-hydrogen) atoms. The Hall–Kier alpha value is -3.10. The Morgan fingerprint density at radius 3 is 2.52 bits per heavy atom. The molecule has 9 heteroatoms. The fraction of sp³-hybridized carbons (Fsp3) is 0.188. The Bertz CT molecular complexity index is 807. The average molecular weight is 353 g/mol. The summed E-state index contributed by atoms with van der Waals surface area (Å²) in [5, 5.41) is 16.0. The predicted molar refractivity (Wildman–Crippen MR) is 86.4 cm³/mol. The molecule has 2 rings (SSSR count). The molecule has 0 heterocycles. The monoisotopic (exact) mass is 353 g/mol. The maximum absolute atomic E-state index is 12.6. The van der Waals surface area contributed by atoms with Crippen LogP contribution in [0.2, 0.25) is 0 Å². The van der Waals surface area contributed by atoms with Gasteiger partial charge in [-0.2, -0.15) is 13.2 Å². The summed E-state index contributed by atoms with van der Waals surface area (Å²) in [6.07, 6.45) is -4.50. The van der Waals surface area contributed by atoms with Crippen molar-refractivity contribution in [3.05, 3.63) is 63.7 Å².